The molecule has 0 saturated carbocycles. The zero-order valence-electron chi connectivity index (χ0n) is 15.2. The quantitative estimate of drug-likeness (QED) is 0.681. The summed E-state index contributed by atoms with van der Waals surface area (Å²) in [4.78, 5) is 24.9. The van der Waals surface area contributed by atoms with Crippen LogP contribution in [0.25, 0.3) is 0 Å². The van der Waals surface area contributed by atoms with Crippen LogP contribution in [0.3, 0.4) is 0 Å². The summed E-state index contributed by atoms with van der Waals surface area (Å²) in [6.45, 7) is 3.46. The van der Waals surface area contributed by atoms with Crippen molar-refractivity contribution in [2.24, 2.45) is 0 Å². The number of rotatable bonds is 6. The van der Waals surface area contributed by atoms with Crippen LogP contribution in [0.5, 0.6) is 0 Å². The van der Waals surface area contributed by atoms with Crippen molar-refractivity contribution in [1.29, 1.82) is 0 Å². The van der Waals surface area contributed by atoms with E-state index in [4.69, 9.17) is 16.3 Å². The van der Waals surface area contributed by atoms with Crippen molar-refractivity contribution in [3.8, 4) is 0 Å². The van der Waals surface area contributed by atoms with Crippen molar-refractivity contribution in [3.63, 3.8) is 0 Å². The molecule has 2 aromatic carbocycles. The molecule has 0 fully saturated rings. The van der Waals surface area contributed by atoms with Gasteiger partial charge in [0.1, 0.15) is 0 Å². The highest BCUT2D eigenvalue weighted by Gasteiger charge is 2.30. The van der Waals surface area contributed by atoms with E-state index in [9.17, 15) is 18.0 Å². The first-order valence-corrected chi connectivity index (χ1v) is 10.4. The summed E-state index contributed by atoms with van der Waals surface area (Å²) in [5.74, 6) is -1.96. The van der Waals surface area contributed by atoms with E-state index < -0.39 is 27.8 Å². The average Bonchev–Trinajstić information content (AvgIpc) is 2.61. The number of amides is 1. The second-order valence-electron chi connectivity index (χ2n) is 5.91. The summed E-state index contributed by atoms with van der Waals surface area (Å²) in [5, 5.41) is 0.514. The molecule has 27 heavy (non-hydrogen) atoms. The fraction of sp³-hybridized carbons (Fsp3) is 0.263. The third kappa shape index (κ3) is 5.08. The summed E-state index contributed by atoms with van der Waals surface area (Å²) in [7, 11) is -3.93. The van der Waals surface area contributed by atoms with Crippen molar-refractivity contribution >= 4 is 39.2 Å². The fourth-order valence-corrected chi connectivity index (χ4v) is 3.63. The van der Waals surface area contributed by atoms with Crippen LogP contribution in [0.1, 0.15) is 35.7 Å². The van der Waals surface area contributed by atoms with E-state index >= 15 is 0 Å². The molecule has 2 rings (SSSR count). The van der Waals surface area contributed by atoms with E-state index in [1.54, 1.807) is 38.1 Å². The van der Waals surface area contributed by atoms with Crippen molar-refractivity contribution in [2.75, 3.05) is 17.2 Å². The van der Waals surface area contributed by atoms with Crippen LogP contribution in [-0.4, -0.2) is 33.2 Å². The van der Waals surface area contributed by atoms with Gasteiger partial charge in [-0.1, -0.05) is 29.8 Å². The summed E-state index contributed by atoms with van der Waals surface area (Å²) >= 11 is 5.86. The van der Waals surface area contributed by atoms with Gasteiger partial charge < -0.3 is 4.74 Å². The first-order valence-electron chi connectivity index (χ1n) is 8.22. The molecular weight excluding hydrogens is 390 g/mol. The number of hydrogen-bond acceptors (Lipinski definition) is 5. The smallest absolute Gasteiger partial charge is 0.338 e. The first kappa shape index (κ1) is 20.9. The maximum Gasteiger partial charge on any atom is 0.338 e. The number of esters is 1. The number of sulfonamides is 1. The zero-order valence-corrected chi connectivity index (χ0v) is 16.8. The predicted molar refractivity (Wildman–Crippen MR) is 105 cm³/mol. The second-order valence-corrected chi connectivity index (χ2v) is 8.18. The van der Waals surface area contributed by atoms with Crippen LogP contribution in [0.2, 0.25) is 5.02 Å². The van der Waals surface area contributed by atoms with E-state index in [-0.39, 0.29) is 17.9 Å². The van der Waals surface area contributed by atoms with Gasteiger partial charge in [-0.3, -0.25) is 4.79 Å². The van der Waals surface area contributed by atoms with Gasteiger partial charge in [0, 0.05) is 5.02 Å². The van der Waals surface area contributed by atoms with Gasteiger partial charge in [0.15, 0.2) is 0 Å². The van der Waals surface area contributed by atoms with Gasteiger partial charge in [-0.15, -0.1) is 0 Å². The fourth-order valence-electron chi connectivity index (χ4n) is 2.53. The molecule has 0 spiro atoms. The average molecular weight is 410 g/mol. The minimum Gasteiger partial charge on any atom is -0.462 e. The highest BCUT2D eigenvalue weighted by atomic mass is 35.5. The normalized spacial score (nSPS) is 12.3. The van der Waals surface area contributed by atoms with Crippen LogP contribution in [0, 0.1) is 0 Å². The molecule has 144 valence electrons. The van der Waals surface area contributed by atoms with Gasteiger partial charge in [-0.05, 0) is 49.7 Å². The lowest BCUT2D eigenvalue weighted by Crippen LogP contribution is -2.39. The number of benzene rings is 2. The van der Waals surface area contributed by atoms with Gasteiger partial charge in [0.2, 0.25) is 15.9 Å². The summed E-state index contributed by atoms with van der Waals surface area (Å²) in [6.07, 6.45) is 0.941. The SMILES string of the molecule is CCOC(=O)c1cccc(N(C(=O)C(C)c2ccc(Cl)cc2)S(C)(=O)=O)c1. The Morgan fingerprint density at radius 2 is 1.78 bits per heavy atom. The maximum absolute atomic E-state index is 13.0. The summed E-state index contributed by atoms with van der Waals surface area (Å²) in [5.41, 5.74) is 0.864. The third-order valence-corrected chi connectivity index (χ3v) is 5.17. The Morgan fingerprint density at radius 3 is 2.33 bits per heavy atom. The maximum atomic E-state index is 13.0. The van der Waals surface area contributed by atoms with Crippen LogP contribution in [0.4, 0.5) is 5.69 Å². The predicted octanol–water partition coefficient (Wildman–Crippen LogP) is 3.61. The van der Waals surface area contributed by atoms with E-state index in [1.165, 1.54) is 24.3 Å². The van der Waals surface area contributed by atoms with Crippen molar-refractivity contribution < 1.29 is 22.7 Å². The molecule has 1 amide bonds. The van der Waals surface area contributed by atoms with Crippen molar-refractivity contribution in [1.82, 2.24) is 0 Å². The first-order chi connectivity index (χ1) is 12.6. The molecule has 0 aliphatic carbocycles. The molecular formula is C19H20ClNO5S. The molecule has 6 nitrogen and oxygen atoms in total. The number of carbonyl (C=O) groups excluding carboxylic acids is 2. The monoisotopic (exact) mass is 409 g/mol. The molecule has 0 saturated heterocycles. The van der Waals surface area contributed by atoms with Gasteiger partial charge >= 0.3 is 5.97 Å². The molecule has 0 bridgehead atoms. The molecule has 0 heterocycles. The largest absolute Gasteiger partial charge is 0.462 e. The molecule has 8 heteroatoms. The molecule has 0 radical (unpaired) electrons. The number of carbonyl (C=O) groups is 2. The van der Waals surface area contributed by atoms with Crippen LogP contribution in [0.15, 0.2) is 48.5 Å². The minimum absolute atomic E-state index is 0.0777. The molecule has 0 aromatic heterocycles. The van der Waals surface area contributed by atoms with Crippen LogP contribution in [-0.2, 0) is 19.6 Å². The number of hydrogen-bond donors (Lipinski definition) is 0. The van der Waals surface area contributed by atoms with Gasteiger partial charge in [0.05, 0.1) is 30.0 Å². The standard InChI is InChI=1S/C19H20ClNO5S/c1-4-26-19(23)15-6-5-7-17(12-15)21(27(3,24)25)18(22)13(2)14-8-10-16(20)11-9-14/h5-13H,4H2,1-3H3. The molecule has 1 unspecified atom stereocenters. The Kier molecular flexibility index (Phi) is 6.62. The van der Waals surface area contributed by atoms with Crippen LogP contribution < -0.4 is 4.31 Å². The molecule has 1 atom stereocenters. The third-order valence-electron chi connectivity index (χ3n) is 3.86. The van der Waals surface area contributed by atoms with E-state index in [0.717, 1.165) is 6.26 Å². The Labute approximate surface area is 163 Å². The number of anilines is 1. The molecule has 2 aromatic rings. The lowest BCUT2D eigenvalue weighted by Gasteiger charge is -2.24. The lowest BCUT2D eigenvalue weighted by molar-refractivity contribution is -0.118. The second kappa shape index (κ2) is 8.54. The Morgan fingerprint density at radius 1 is 1.15 bits per heavy atom. The van der Waals surface area contributed by atoms with Crippen LogP contribution >= 0.6 is 11.6 Å². The molecule has 0 aliphatic rings. The van der Waals surface area contributed by atoms with Crippen molar-refractivity contribution in [2.45, 2.75) is 19.8 Å². The van der Waals surface area contributed by atoms with Gasteiger partial charge in [-0.2, -0.15) is 0 Å². The van der Waals surface area contributed by atoms with Gasteiger partial charge in [-0.25, -0.2) is 17.5 Å². The minimum atomic E-state index is -3.93. The highest BCUT2D eigenvalue weighted by Crippen LogP contribution is 2.26. The Bertz CT molecular complexity index is 941. The Hall–Kier alpha value is -2.38. The lowest BCUT2D eigenvalue weighted by atomic mass is 10.0. The molecule has 0 aliphatic heterocycles. The Balaban J connectivity index is 2.44. The summed E-state index contributed by atoms with van der Waals surface area (Å²) < 4.78 is 30.3. The zero-order chi connectivity index (χ0) is 20.2. The molecule has 0 N–H and O–H groups in total. The highest BCUT2D eigenvalue weighted by molar-refractivity contribution is 7.92. The van der Waals surface area contributed by atoms with E-state index in [1.807, 2.05) is 0 Å². The topological polar surface area (TPSA) is 80.8 Å². The van der Waals surface area contributed by atoms with E-state index in [2.05, 4.69) is 0 Å². The van der Waals surface area contributed by atoms with Crippen molar-refractivity contribution in [3.05, 3.63) is 64.7 Å². The van der Waals surface area contributed by atoms with E-state index in [0.29, 0.717) is 14.9 Å². The number of halogens is 1. The summed E-state index contributed by atoms with van der Waals surface area (Å²) in [6, 6.07) is 12.4. The number of ether oxygens (including phenoxy) is 1. The van der Waals surface area contributed by atoms with Gasteiger partial charge in [0.25, 0.3) is 0 Å². The number of nitrogens with zero attached hydrogens (tertiary/aromatic N) is 1.